The highest BCUT2D eigenvalue weighted by atomic mass is 35.5. The van der Waals surface area contributed by atoms with Gasteiger partial charge in [-0.05, 0) is 73.7 Å². The van der Waals surface area contributed by atoms with Crippen molar-refractivity contribution < 1.29 is 37.0 Å². The maximum absolute atomic E-state index is 13.6. The van der Waals surface area contributed by atoms with Gasteiger partial charge in [-0.2, -0.15) is 0 Å². The molecule has 0 unspecified atom stereocenters. The predicted octanol–water partition coefficient (Wildman–Crippen LogP) is 4.15. The summed E-state index contributed by atoms with van der Waals surface area (Å²) in [4.78, 5) is 37.3. The van der Waals surface area contributed by atoms with Crippen molar-refractivity contribution in [2.75, 3.05) is 37.0 Å². The number of hydrogen-bond donors (Lipinski definition) is 1. The Kier molecular flexibility index (Phi) is 9.32. The number of rotatable bonds is 10. The van der Waals surface area contributed by atoms with Crippen LogP contribution >= 0.6 is 11.6 Å². The van der Waals surface area contributed by atoms with Gasteiger partial charge in [-0.1, -0.05) is 11.6 Å². The number of carbonyl (C=O) groups is 3. The molecule has 0 spiro atoms. The van der Waals surface area contributed by atoms with E-state index in [0.717, 1.165) is 11.4 Å². The Hall–Kier alpha value is -4.09. The Balaban J connectivity index is 2.00. The van der Waals surface area contributed by atoms with Gasteiger partial charge in [0.05, 0.1) is 48.2 Å². The minimum absolute atomic E-state index is 0.0401. The molecule has 3 aromatic rings. The third-order valence-electron chi connectivity index (χ3n) is 5.24. The Morgan fingerprint density at radius 1 is 0.895 bits per heavy atom. The van der Waals surface area contributed by atoms with E-state index < -0.39 is 34.4 Å². The molecule has 1 N–H and O–H groups in total. The first-order chi connectivity index (χ1) is 18.1. The molecule has 0 atom stereocenters. The number of nitrogens with one attached hydrogen (secondary N) is 1. The molecule has 0 aliphatic heterocycles. The monoisotopic (exact) mass is 560 g/mol. The lowest BCUT2D eigenvalue weighted by atomic mass is 10.1. The summed E-state index contributed by atoms with van der Waals surface area (Å²) in [6.07, 6.45) is 0. The summed E-state index contributed by atoms with van der Waals surface area (Å²) in [7, 11) is -1.89. The van der Waals surface area contributed by atoms with Gasteiger partial charge in [-0.15, -0.1) is 0 Å². The summed E-state index contributed by atoms with van der Waals surface area (Å²) in [5.74, 6) is -1.73. The molecule has 0 saturated carbocycles. The van der Waals surface area contributed by atoms with E-state index in [2.05, 4.69) is 5.32 Å². The quantitative estimate of drug-likeness (QED) is 0.366. The topological polar surface area (TPSA) is 128 Å². The molecule has 0 heterocycles. The molecule has 0 aromatic heterocycles. The van der Waals surface area contributed by atoms with E-state index in [1.165, 1.54) is 61.7 Å². The SMILES string of the molecule is CCOc1ccc(N(CC(=O)Nc2cc(C(=O)OC)ccc2C(=O)OC)S(=O)(=O)c2ccc(Cl)cc2)cc1. The van der Waals surface area contributed by atoms with Crippen LogP contribution in [-0.4, -0.2) is 53.6 Å². The summed E-state index contributed by atoms with van der Waals surface area (Å²) in [5, 5.41) is 2.85. The molecular formula is C26H25ClN2O8S. The number of amides is 1. The van der Waals surface area contributed by atoms with Gasteiger partial charge >= 0.3 is 11.9 Å². The van der Waals surface area contributed by atoms with Crippen molar-refractivity contribution in [3.05, 3.63) is 82.9 Å². The highest BCUT2D eigenvalue weighted by Gasteiger charge is 2.28. The highest BCUT2D eigenvalue weighted by Crippen LogP contribution is 2.27. The smallest absolute Gasteiger partial charge is 0.339 e. The number of esters is 2. The van der Waals surface area contributed by atoms with Crippen molar-refractivity contribution in [3.63, 3.8) is 0 Å². The third kappa shape index (κ3) is 6.61. The number of ether oxygens (including phenoxy) is 3. The van der Waals surface area contributed by atoms with Crippen LogP contribution in [0.15, 0.2) is 71.6 Å². The van der Waals surface area contributed by atoms with Crippen molar-refractivity contribution in [1.82, 2.24) is 0 Å². The second-order valence-electron chi connectivity index (χ2n) is 7.68. The van der Waals surface area contributed by atoms with Gasteiger partial charge < -0.3 is 19.5 Å². The van der Waals surface area contributed by atoms with Crippen LogP contribution in [0.4, 0.5) is 11.4 Å². The van der Waals surface area contributed by atoms with Crippen LogP contribution in [0.2, 0.25) is 5.02 Å². The fraction of sp³-hybridized carbons (Fsp3) is 0.192. The maximum Gasteiger partial charge on any atom is 0.339 e. The first-order valence-electron chi connectivity index (χ1n) is 11.2. The maximum atomic E-state index is 13.6. The van der Waals surface area contributed by atoms with E-state index in [9.17, 15) is 22.8 Å². The van der Waals surface area contributed by atoms with E-state index >= 15 is 0 Å². The van der Waals surface area contributed by atoms with Gasteiger partial charge in [-0.25, -0.2) is 18.0 Å². The third-order valence-corrected chi connectivity index (χ3v) is 7.28. The molecule has 0 radical (unpaired) electrons. The zero-order valence-electron chi connectivity index (χ0n) is 20.8. The van der Waals surface area contributed by atoms with E-state index in [4.69, 9.17) is 25.8 Å². The van der Waals surface area contributed by atoms with Crippen LogP contribution in [0, 0.1) is 0 Å². The summed E-state index contributed by atoms with van der Waals surface area (Å²) in [6.45, 7) is 1.57. The van der Waals surface area contributed by atoms with Crippen LogP contribution in [0.25, 0.3) is 0 Å². The van der Waals surface area contributed by atoms with Gasteiger partial charge in [0.15, 0.2) is 0 Å². The van der Waals surface area contributed by atoms with Gasteiger partial charge in [-0.3, -0.25) is 9.10 Å². The molecule has 12 heteroatoms. The van der Waals surface area contributed by atoms with Crippen LogP contribution in [-0.2, 0) is 24.3 Å². The fourth-order valence-corrected chi connectivity index (χ4v) is 4.97. The van der Waals surface area contributed by atoms with Crippen LogP contribution in [0.3, 0.4) is 0 Å². The van der Waals surface area contributed by atoms with Gasteiger partial charge in [0.2, 0.25) is 5.91 Å². The average molecular weight is 561 g/mol. The van der Waals surface area contributed by atoms with E-state index in [0.29, 0.717) is 17.4 Å². The lowest BCUT2D eigenvalue weighted by Gasteiger charge is -2.24. The number of hydrogen-bond acceptors (Lipinski definition) is 8. The van der Waals surface area contributed by atoms with Gasteiger partial charge in [0.1, 0.15) is 12.3 Å². The number of nitrogens with zero attached hydrogens (tertiary/aromatic N) is 1. The Morgan fingerprint density at radius 2 is 1.53 bits per heavy atom. The molecule has 38 heavy (non-hydrogen) atoms. The highest BCUT2D eigenvalue weighted by molar-refractivity contribution is 7.92. The number of sulfonamides is 1. The van der Waals surface area contributed by atoms with Gasteiger partial charge in [0, 0.05) is 5.02 Å². The molecule has 0 saturated heterocycles. The molecule has 10 nitrogen and oxygen atoms in total. The van der Waals surface area contributed by atoms with E-state index in [-0.39, 0.29) is 27.4 Å². The van der Waals surface area contributed by atoms with Crippen LogP contribution < -0.4 is 14.4 Å². The second kappa shape index (κ2) is 12.4. The number of benzene rings is 3. The summed E-state index contributed by atoms with van der Waals surface area (Å²) in [6, 6.07) is 15.5. The fourth-order valence-electron chi connectivity index (χ4n) is 3.42. The second-order valence-corrected chi connectivity index (χ2v) is 9.98. The lowest BCUT2D eigenvalue weighted by Crippen LogP contribution is -2.38. The summed E-state index contributed by atoms with van der Waals surface area (Å²) in [5.41, 5.74) is 0.157. The first kappa shape index (κ1) is 28.5. The number of halogens is 1. The normalized spacial score (nSPS) is 10.8. The van der Waals surface area contributed by atoms with Crippen molar-refractivity contribution in [1.29, 1.82) is 0 Å². The summed E-state index contributed by atoms with van der Waals surface area (Å²) >= 11 is 5.92. The van der Waals surface area contributed by atoms with Crippen molar-refractivity contribution in [2.24, 2.45) is 0 Å². The number of carbonyl (C=O) groups excluding carboxylic acids is 3. The molecule has 0 aliphatic carbocycles. The molecule has 3 aromatic carbocycles. The van der Waals surface area contributed by atoms with Crippen molar-refractivity contribution in [2.45, 2.75) is 11.8 Å². The van der Waals surface area contributed by atoms with E-state index in [1.807, 2.05) is 6.92 Å². The molecule has 0 aliphatic rings. The lowest BCUT2D eigenvalue weighted by molar-refractivity contribution is -0.114. The molecule has 0 fully saturated rings. The summed E-state index contributed by atoms with van der Waals surface area (Å²) < 4.78 is 43.0. The molecule has 0 bridgehead atoms. The largest absolute Gasteiger partial charge is 0.494 e. The molecule has 3 rings (SSSR count). The number of methoxy groups -OCH3 is 2. The standard InChI is InChI=1S/C26H25ClN2O8S/c1-4-37-20-10-8-19(9-11-20)29(38(33,34)21-12-6-18(27)7-13-21)16-24(30)28-23-15-17(25(31)35-2)5-14-22(23)26(32)36-3/h5-15H,4,16H2,1-3H3,(H,28,30). The van der Waals surface area contributed by atoms with Crippen molar-refractivity contribution in [3.8, 4) is 5.75 Å². The zero-order valence-corrected chi connectivity index (χ0v) is 22.3. The Morgan fingerprint density at radius 3 is 2.11 bits per heavy atom. The molecule has 200 valence electrons. The van der Waals surface area contributed by atoms with Crippen molar-refractivity contribution >= 4 is 50.8 Å². The van der Waals surface area contributed by atoms with E-state index in [1.54, 1.807) is 12.1 Å². The van der Waals surface area contributed by atoms with Crippen LogP contribution in [0.5, 0.6) is 5.75 Å². The first-order valence-corrected chi connectivity index (χ1v) is 13.0. The van der Waals surface area contributed by atoms with Crippen LogP contribution in [0.1, 0.15) is 27.6 Å². The minimum Gasteiger partial charge on any atom is -0.494 e. The Labute approximate surface area is 225 Å². The van der Waals surface area contributed by atoms with Gasteiger partial charge in [0.25, 0.3) is 10.0 Å². The number of anilines is 2. The zero-order chi connectivity index (χ0) is 27.9. The Bertz CT molecular complexity index is 1420. The average Bonchev–Trinajstić information content (AvgIpc) is 2.91. The minimum atomic E-state index is -4.23. The predicted molar refractivity (Wildman–Crippen MR) is 141 cm³/mol. The molecular weight excluding hydrogens is 536 g/mol. The molecule has 1 amide bonds.